The molecule has 0 bridgehead atoms. The largest absolute Gasteiger partial charge is 0.335 e. The maximum atomic E-state index is 11.3. The molecule has 0 radical (unpaired) electrons. The fourth-order valence-electron chi connectivity index (χ4n) is 0.980. The summed E-state index contributed by atoms with van der Waals surface area (Å²) in [5, 5.41) is 13.0. The number of hydrogen-bond acceptors (Lipinski definition) is 3. The summed E-state index contributed by atoms with van der Waals surface area (Å²) in [7, 11) is 0. The van der Waals surface area contributed by atoms with Gasteiger partial charge in [0.25, 0.3) is 0 Å². The number of amides is 2. The minimum Gasteiger partial charge on any atom is -0.335 e. The van der Waals surface area contributed by atoms with Crippen molar-refractivity contribution in [1.82, 2.24) is 5.32 Å². The zero-order valence-electron chi connectivity index (χ0n) is 8.46. The molecule has 2 amide bonds. The molecule has 0 aliphatic rings. The van der Waals surface area contributed by atoms with E-state index in [2.05, 4.69) is 10.6 Å². The first-order valence-corrected chi connectivity index (χ1v) is 5.22. The Balaban J connectivity index is 2.72. The molecule has 0 aliphatic carbocycles. The molecular weight excluding hydrogens is 265 g/mol. The van der Waals surface area contributed by atoms with Crippen LogP contribution in [0.4, 0.5) is 5.69 Å². The molecule has 0 unspecified atom stereocenters. The Morgan fingerprint density at radius 3 is 2.65 bits per heavy atom. The van der Waals surface area contributed by atoms with E-state index in [0.717, 1.165) is 0 Å². The van der Waals surface area contributed by atoms with E-state index in [1.54, 1.807) is 18.2 Å². The van der Waals surface area contributed by atoms with Gasteiger partial charge in [0.1, 0.15) is 6.54 Å². The zero-order valence-corrected chi connectivity index (χ0v) is 9.97. The normalized spacial score (nSPS) is 9.24. The Morgan fingerprint density at radius 2 is 2.00 bits per heavy atom. The van der Waals surface area contributed by atoms with E-state index in [-0.39, 0.29) is 22.3 Å². The van der Waals surface area contributed by atoms with Crippen LogP contribution in [0.3, 0.4) is 0 Å². The summed E-state index contributed by atoms with van der Waals surface area (Å²) in [6, 6.07) is 6.31. The minimum absolute atomic E-state index is 0.149. The third kappa shape index (κ3) is 3.63. The summed E-state index contributed by atoms with van der Waals surface area (Å²) in [4.78, 5) is 22.5. The lowest BCUT2D eigenvalue weighted by Gasteiger charge is -2.07. The van der Waals surface area contributed by atoms with Crippen LogP contribution in [0.5, 0.6) is 0 Å². The average molecular weight is 272 g/mol. The van der Waals surface area contributed by atoms with Crippen molar-refractivity contribution in [2.45, 2.75) is 0 Å². The maximum Gasteiger partial charge on any atom is 0.313 e. The second-order valence-corrected chi connectivity index (χ2v) is 3.68. The number of nitrogens with one attached hydrogen (secondary N) is 2. The topological polar surface area (TPSA) is 82.0 Å². The van der Waals surface area contributed by atoms with Crippen molar-refractivity contribution in [2.24, 2.45) is 0 Å². The van der Waals surface area contributed by atoms with Crippen molar-refractivity contribution < 1.29 is 9.59 Å². The molecule has 2 N–H and O–H groups in total. The molecule has 0 atom stereocenters. The number of anilines is 1. The minimum atomic E-state index is -0.914. The molecule has 0 saturated carbocycles. The van der Waals surface area contributed by atoms with E-state index in [1.807, 2.05) is 0 Å². The van der Waals surface area contributed by atoms with Gasteiger partial charge in [-0.2, -0.15) is 5.26 Å². The number of halogens is 2. The number of benzene rings is 1. The molecule has 1 rings (SSSR count). The van der Waals surface area contributed by atoms with Gasteiger partial charge in [-0.05, 0) is 12.1 Å². The molecule has 0 spiro atoms. The lowest BCUT2D eigenvalue weighted by atomic mass is 10.3. The van der Waals surface area contributed by atoms with Crippen molar-refractivity contribution in [3.8, 4) is 6.07 Å². The number of hydrogen-bond donors (Lipinski definition) is 2. The molecule has 0 heterocycles. The van der Waals surface area contributed by atoms with Crippen LogP contribution in [0.15, 0.2) is 18.2 Å². The maximum absolute atomic E-state index is 11.3. The Kier molecular flexibility index (Phi) is 4.76. The van der Waals surface area contributed by atoms with Gasteiger partial charge in [0.15, 0.2) is 0 Å². The monoisotopic (exact) mass is 271 g/mol. The van der Waals surface area contributed by atoms with Crippen LogP contribution < -0.4 is 10.6 Å². The Morgan fingerprint density at radius 1 is 1.29 bits per heavy atom. The number of nitrogens with zero attached hydrogens (tertiary/aromatic N) is 1. The highest BCUT2D eigenvalue weighted by Crippen LogP contribution is 2.29. The van der Waals surface area contributed by atoms with Crippen molar-refractivity contribution in [2.75, 3.05) is 11.9 Å². The van der Waals surface area contributed by atoms with Crippen LogP contribution in [0.2, 0.25) is 10.0 Å². The van der Waals surface area contributed by atoms with Gasteiger partial charge < -0.3 is 10.6 Å². The van der Waals surface area contributed by atoms with Crippen LogP contribution in [0.1, 0.15) is 0 Å². The van der Waals surface area contributed by atoms with Crippen LogP contribution in [0, 0.1) is 11.3 Å². The molecule has 1 aromatic rings. The highest BCUT2D eigenvalue weighted by Gasteiger charge is 2.15. The third-order valence-electron chi connectivity index (χ3n) is 1.73. The number of rotatable bonds is 2. The Labute approximate surface area is 107 Å². The molecule has 17 heavy (non-hydrogen) atoms. The first kappa shape index (κ1) is 13.3. The van der Waals surface area contributed by atoms with E-state index in [1.165, 1.54) is 6.07 Å². The first-order chi connectivity index (χ1) is 8.06. The molecule has 88 valence electrons. The Hall–Kier alpha value is -1.77. The third-order valence-corrected chi connectivity index (χ3v) is 2.55. The van der Waals surface area contributed by atoms with Gasteiger partial charge in [-0.25, -0.2) is 0 Å². The highest BCUT2D eigenvalue weighted by molar-refractivity contribution is 6.45. The van der Waals surface area contributed by atoms with Crippen LogP contribution in [0.25, 0.3) is 0 Å². The van der Waals surface area contributed by atoms with Gasteiger partial charge >= 0.3 is 11.8 Å². The SMILES string of the molecule is N#CCNC(=O)C(=O)Nc1cccc(Cl)c1Cl. The lowest BCUT2D eigenvalue weighted by Crippen LogP contribution is -2.35. The molecule has 5 nitrogen and oxygen atoms in total. The molecule has 1 aromatic carbocycles. The molecule has 0 saturated heterocycles. The van der Waals surface area contributed by atoms with Crippen LogP contribution in [-0.4, -0.2) is 18.4 Å². The number of carbonyl (C=O) groups is 2. The fourth-order valence-corrected chi connectivity index (χ4v) is 1.33. The van der Waals surface area contributed by atoms with Gasteiger partial charge in [0.05, 0.1) is 21.8 Å². The van der Waals surface area contributed by atoms with Crippen LogP contribution >= 0.6 is 23.2 Å². The number of carbonyl (C=O) groups excluding carboxylic acids is 2. The fraction of sp³-hybridized carbons (Fsp3) is 0.100. The first-order valence-electron chi connectivity index (χ1n) is 4.46. The van der Waals surface area contributed by atoms with Gasteiger partial charge in [0.2, 0.25) is 0 Å². The highest BCUT2D eigenvalue weighted by atomic mass is 35.5. The van der Waals surface area contributed by atoms with Crippen molar-refractivity contribution in [1.29, 1.82) is 5.26 Å². The quantitative estimate of drug-likeness (QED) is 0.633. The van der Waals surface area contributed by atoms with E-state index >= 15 is 0 Å². The standard InChI is InChI=1S/C10H7Cl2N3O2/c11-6-2-1-3-7(8(6)12)15-10(17)9(16)14-5-4-13/h1-3H,5H2,(H,14,16)(H,15,17). The predicted molar refractivity (Wildman–Crippen MR) is 63.7 cm³/mol. The summed E-state index contributed by atoms with van der Waals surface area (Å²) in [6.45, 7) is -0.241. The second kappa shape index (κ2) is 6.09. The van der Waals surface area contributed by atoms with E-state index < -0.39 is 11.8 Å². The smallest absolute Gasteiger partial charge is 0.313 e. The summed E-state index contributed by atoms with van der Waals surface area (Å²) >= 11 is 11.5. The van der Waals surface area contributed by atoms with Gasteiger partial charge in [-0.3, -0.25) is 9.59 Å². The number of nitriles is 1. The lowest BCUT2D eigenvalue weighted by molar-refractivity contribution is -0.136. The van der Waals surface area contributed by atoms with E-state index in [4.69, 9.17) is 28.5 Å². The summed E-state index contributed by atoms with van der Waals surface area (Å²) < 4.78 is 0. The van der Waals surface area contributed by atoms with Gasteiger partial charge in [-0.15, -0.1) is 0 Å². The summed E-state index contributed by atoms with van der Waals surface area (Å²) in [6.07, 6.45) is 0. The molecule has 0 fully saturated rings. The summed E-state index contributed by atoms with van der Waals surface area (Å²) in [5.41, 5.74) is 0.233. The van der Waals surface area contributed by atoms with Gasteiger partial charge in [0, 0.05) is 0 Å². The zero-order chi connectivity index (χ0) is 12.8. The van der Waals surface area contributed by atoms with Crippen LogP contribution in [-0.2, 0) is 9.59 Å². The van der Waals surface area contributed by atoms with E-state index in [9.17, 15) is 9.59 Å². The van der Waals surface area contributed by atoms with Crippen molar-refractivity contribution >= 4 is 40.7 Å². The summed E-state index contributed by atoms with van der Waals surface area (Å²) in [5.74, 6) is -1.83. The molecule has 7 heteroatoms. The molecular formula is C10H7Cl2N3O2. The average Bonchev–Trinajstić information content (AvgIpc) is 2.31. The molecule has 0 aliphatic heterocycles. The van der Waals surface area contributed by atoms with E-state index in [0.29, 0.717) is 0 Å². The van der Waals surface area contributed by atoms with Crippen molar-refractivity contribution in [3.05, 3.63) is 28.2 Å². The second-order valence-electron chi connectivity index (χ2n) is 2.90. The van der Waals surface area contributed by atoms with Crippen molar-refractivity contribution in [3.63, 3.8) is 0 Å². The molecule has 0 aromatic heterocycles. The predicted octanol–water partition coefficient (Wildman–Crippen LogP) is 1.57. The Bertz CT molecular complexity index is 497. The van der Waals surface area contributed by atoms with Gasteiger partial charge in [-0.1, -0.05) is 29.3 Å².